The van der Waals surface area contributed by atoms with Crippen LogP contribution in [0.3, 0.4) is 0 Å². The van der Waals surface area contributed by atoms with Crippen LogP contribution in [0, 0.1) is 0 Å². The molecule has 0 bridgehead atoms. The number of aliphatic hydroxyl groups is 3. The summed E-state index contributed by atoms with van der Waals surface area (Å²) in [5.41, 5.74) is 1.49. The first kappa shape index (κ1) is 28.7. The lowest BCUT2D eigenvalue weighted by Crippen LogP contribution is -2.61. The van der Waals surface area contributed by atoms with E-state index in [4.69, 9.17) is 14.2 Å². The van der Waals surface area contributed by atoms with Gasteiger partial charge < -0.3 is 40.0 Å². The summed E-state index contributed by atoms with van der Waals surface area (Å²) in [6.07, 6.45) is -7.53. The third-order valence-corrected chi connectivity index (χ3v) is 6.03. The molecule has 2 aromatic rings. The summed E-state index contributed by atoms with van der Waals surface area (Å²) in [6, 6.07) is 16.6. The maximum absolute atomic E-state index is 12.9. The number of nitrogens with one attached hydrogen (secondary N) is 1. The second-order valence-electron chi connectivity index (χ2n) is 8.91. The lowest BCUT2D eigenvalue weighted by Gasteiger charge is -2.39. The summed E-state index contributed by atoms with van der Waals surface area (Å²) in [6.45, 7) is 2.87. The summed E-state index contributed by atoms with van der Waals surface area (Å²) in [4.78, 5) is 24.4. The number of aryl methyl sites for hydroxylation is 1. The highest BCUT2D eigenvalue weighted by Gasteiger charge is 2.48. The quantitative estimate of drug-likeness (QED) is 0.182. The van der Waals surface area contributed by atoms with E-state index in [2.05, 4.69) is 5.32 Å². The molecule has 0 saturated carbocycles. The van der Waals surface area contributed by atoms with Gasteiger partial charge in [0.05, 0.1) is 5.56 Å². The molecule has 37 heavy (non-hydrogen) atoms. The van der Waals surface area contributed by atoms with Crippen LogP contribution in [0.2, 0.25) is 0 Å². The Kier molecular flexibility index (Phi) is 11.0. The number of carbonyl (C=O) groups excluding carboxylic acids is 1. The highest BCUT2D eigenvalue weighted by molar-refractivity contribution is 5.98. The Morgan fingerprint density at radius 2 is 1.70 bits per heavy atom. The molecule has 202 valence electrons. The van der Waals surface area contributed by atoms with Crippen LogP contribution in [0.15, 0.2) is 54.6 Å². The van der Waals surface area contributed by atoms with Gasteiger partial charge in [-0.3, -0.25) is 4.79 Å². The summed E-state index contributed by atoms with van der Waals surface area (Å²) in [5.74, 6) is -1.20. The molecule has 0 amide bonds. The number of benzene rings is 2. The normalized spacial score (nSPS) is 24.4. The largest absolute Gasteiger partial charge is 0.490 e. The van der Waals surface area contributed by atoms with Crippen molar-refractivity contribution in [2.24, 2.45) is 0 Å². The van der Waals surface area contributed by atoms with Gasteiger partial charge in [-0.05, 0) is 37.1 Å². The Morgan fingerprint density at radius 1 is 1.00 bits per heavy atom. The first-order valence-corrected chi connectivity index (χ1v) is 12.4. The Morgan fingerprint density at radius 3 is 2.41 bits per heavy atom. The van der Waals surface area contributed by atoms with Crippen LogP contribution in [0.4, 0.5) is 0 Å². The van der Waals surface area contributed by atoms with E-state index in [0.717, 1.165) is 12.0 Å². The Balaban J connectivity index is 1.67. The maximum Gasteiger partial charge on any atom is 0.335 e. The highest BCUT2D eigenvalue weighted by atomic mass is 16.7. The van der Waals surface area contributed by atoms with Gasteiger partial charge in [0.25, 0.3) is 0 Å². The van der Waals surface area contributed by atoms with Gasteiger partial charge in [-0.25, -0.2) is 4.79 Å². The molecule has 0 radical (unpaired) electrons. The number of ketones is 1. The van der Waals surface area contributed by atoms with Gasteiger partial charge in [-0.1, -0.05) is 49.4 Å². The molecule has 1 saturated heterocycles. The summed E-state index contributed by atoms with van der Waals surface area (Å²) >= 11 is 0. The number of aliphatic hydroxyl groups excluding tert-OH is 3. The number of aliphatic carboxylic acids is 1. The number of hydrogen-bond acceptors (Lipinski definition) is 9. The highest BCUT2D eigenvalue weighted by Crippen LogP contribution is 2.25. The van der Waals surface area contributed by atoms with Crippen molar-refractivity contribution in [1.29, 1.82) is 0 Å². The molecule has 1 heterocycles. The average Bonchev–Trinajstić information content (AvgIpc) is 2.91. The monoisotopic (exact) mass is 517 g/mol. The van der Waals surface area contributed by atoms with Crippen molar-refractivity contribution in [3.8, 4) is 5.75 Å². The van der Waals surface area contributed by atoms with E-state index in [0.29, 0.717) is 30.7 Å². The predicted molar refractivity (Wildman–Crippen MR) is 133 cm³/mol. The van der Waals surface area contributed by atoms with Crippen LogP contribution in [0.25, 0.3) is 0 Å². The minimum absolute atomic E-state index is 0.0529. The fraction of sp³-hybridized carbons (Fsp3) is 0.481. The third kappa shape index (κ3) is 8.06. The van der Waals surface area contributed by atoms with Crippen molar-refractivity contribution < 1.29 is 44.2 Å². The molecule has 10 nitrogen and oxygen atoms in total. The standard InChI is InChI=1S/C27H35NO9/c1-2-14-28-15-18(36-27-24(32)22(30)23(31)25(37-27)26(33)34)16-35-21-11-7-6-10-19(21)20(29)13-12-17-8-4-3-5-9-17/h3-11,18,22-25,27-28,30-32H,2,12-16H2,1H3,(H,33,34)/t18?,22-,23-,24+,25-,27+/m0/s1. The van der Waals surface area contributed by atoms with Crippen LogP contribution < -0.4 is 10.1 Å². The van der Waals surface area contributed by atoms with Gasteiger partial charge in [0.2, 0.25) is 0 Å². The molecule has 3 rings (SSSR count). The van der Waals surface area contributed by atoms with Gasteiger partial charge in [0, 0.05) is 13.0 Å². The van der Waals surface area contributed by atoms with Crippen molar-refractivity contribution in [2.75, 3.05) is 19.7 Å². The number of carbonyl (C=O) groups is 2. The van der Waals surface area contributed by atoms with Gasteiger partial charge >= 0.3 is 5.97 Å². The van der Waals surface area contributed by atoms with Gasteiger partial charge in [-0.2, -0.15) is 0 Å². The molecular formula is C27H35NO9. The number of carboxylic acid groups (broad SMARTS) is 1. The molecule has 2 aromatic carbocycles. The van der Waals surface area contributed by atoms with Crippen molar-refractivity contribution in [2.45, 2.75) is 63.0 Å². The van der Waals surface area contributed by atoms with Crippen LogP contribution in [0.1, 0.15) is 35.7 Å². The van der Waals surface area contributed by atoms with E-state index in [-0.39, 0.29) is 18.9 Å². The third-order valence-electron chi connectivity index (χ3n) is 6.03. The van der Waals surface area contributed by atoms with Crippen LogP contribution in [0.5, 0.6) is 5.75 Å². The topological polar surface area (TPSA) is 155 Å². The van der Waals surface area contributed by atoms with Crippen LogP contribution in [-0.2, 0) is 20.7 Å². The fourth-order valence-corrected chi connectivity index (χ4v) is 3.98. The van der Waals surface area contributed by atoms with Gasteiger partial charge in [0.15, 0.2) is 18.2 Å². The average molecular weight is 518 g/mol. The molecule has 5 N–H and O–H groups in total. The lowest BCUT2D eigenvalue weighted by molar-refractivity contribution is -0.305. The number of ether oxygens (including phenoxy) is 3. The van der Waals surface area contributed by atoms with Crippen molar-refractivity contribution in [1.82, 2.24) is 5.32 Å². The molecule has 1 aliphatic heterocycles. The molecule has 0 aliphatic carbocycles. The SMILES string of the molecule is CCCNCC(COc1ccccc1C(=O)CCc1ccccc1)O[C@@H]1O[C@H](C(=O)O)[C@@H](O)[C@H](O)[C@H]1O. The Bertz CT molecular complexity index is 1000. The Labute approximate surface area is 215 Å². The number of carboxylic acids is 1. The molecule has 0 aromatic heterocycles. The second-order valence-corrected chi connectivity index (χ2v) is 8.91. The van der Waals surface area contributed by atoms with Crippen LogP contribution in [-0.4, -0.2) is 88.7 Å². The first-order valence-electron chi connectivity index (χ1n) is 12.4. The minimum Gasteiger partial charge on any atom is -0.490 e. The molecule has 1 unspecified atom stereocenters. The van der Waals surface area contributed by atoms with Crippen molar-refractivity contribution in [3.63, 3.8) is 0 Å². The zero-order valence-corrected chi connectivity index (χ0v) is 20.7. The zero-order chi connectivity index (χ0) is 26.8. The summed E-state index contributed by atoms with van der Waals surface area (Å²) < 4.78 is 17.0. The van der Waals surface area contributed by atoms with Crippen molar-refractivity contribution >= 4 is 11.8 Å². The van der Waals surface area contributed by atoms with E-state index >= 15 is 0 Å². The zero-order valence-electron chi connectivity index (χ0n) is 20.7. The second kappa shape index (κ2) is 14.2. The van der Waals surface area contributed by atoms with E-state index in [1.54, 1.807) is 24.3 Å². The molecule has 1 fully saturated rings. The Hall–Kier alpha value is -2.86. The number of hydrogen-bond donors (Lipinski definition) is 5. The van der Waals surface area contributed by atoms with E-state index in [9.17, 15) is 30.0 Å². The van der Waals surface area contributed by atoms with E-state index in [1.807, 2.05) is 37.3 Å². The van der Waals surface area contributed by atoms with Crippen LogP contribution >= 0.6 is 0 Å². The van der Waals surface area contributed by atoms with Gasteiger partial charge in [-0.15, -0.1) is 0 Å². The molecule has 0 spiro atoms. The lowest BCUT2D eigenvalue weighted by atomic mass is 9.99. The molecule has 1 aliphatic rings. The summed E-state index contributed by atoms with van der Waals surface area (Å²) in [5, 5.41) is 42.8. The van der Waals surface area contributed by atoms with Crippen molar-refractivity contribution in [3.05, 3.63) is 65.7 Å². The number of rotatable bonds is 14. The predicted octanol–water partition coefficient (Wildman–Crippen LogP) is 1.16. The number of para-hydroxylation sites is 1. The summed E-state index contributed by atoms with van der Waals surface area (Å²) in [7, 11) is 0. The smallest absolute Gasteiger partial charge is 0.335 e. The van der Waals surface area contributed by atoms with E-state index < -0.39 is 42.8 Å². The fourth-order valence-electron chi connectivity index (χ4n) is 3.98. The number of Topliss-reactive ketones (excluding diaryl/α,β-unsaturated/α-hetero) is 1. The minimum atomic E-state index is -1.81. The molecule has 6 atom stereocenters. The first-order chi connectivity index (χ1) is 17.8. The van der Waals surface area contributed by atoms with Gasteiger partial charge in [0.1, 0.15) is 36.8 Å². The maximum atomic E-state index is 12.9. The molecular weight excluding hydrogens is 482 g/mol. The molecule has 10 heteroatoms. The van der Waals surface area contributed by atoms with E-state index in [1.165, 1.54) is 0 Å².